The van der Waals surface area contributed by atoms with Gasteiger partial charge in [0.25, 0.3) is 0 Å². The van der Waals surface area contributed by atoms with Gasteiger partial charge in [-0.3, -0.25) is 0 Å². The van der Waals surface area contributed by atoms with Crippen molar-refractivity contribution in [2.45, 2.75) is 32.1 Å². The van der Waals surface area contributed by atoms with Crippen molar-refractivity contribution in [3.63, 3.8) is 0 Å². The number of hydrogen-bond donors (Lipinski definition) is 0. The van der Waals surface area contributed by atoms with Gasteiger partial charge in [0, 0.05) is 23.9 Å². The normalized spacial score (nSPS) is 22.6. The van der Waals surface area contributed by atoms with Crippen LogP contribution in [-0.4, -0.2) is 32.4 Å². The smallest absolute Gasteiger partial charge is 0.243 e. The first-order valence-corrected chi connectivity index (χ1v) is 10.0. The van der Waals surface area contributed by atoms with Crippen LogP contribution in [0.4, 0.5) is 0 Å². The maximum atomic E-state index is 13.2. The maximum Gasteiger partial charge on any atom is 0.243 e. The number of piperidine rings is 1. The zero-order valence-electron chi connectivity index (χ0n) is 14.5. The molecule has 1 aliphatic heterocycles. The van der Waals surface area contributed by atoms with E-state index in [-0.39, 0.29) is 0 Å². The number of sulfonamides is 1. The highest BCUT2D eigenvalue weighted by Gasteiger charge is 2.32. The minimum atomic E-state index is -3.51. The van der Waals surface area contributed by atoms with E-state index >= 15 is 0 Å². The lowest BCUT2D eigenvalue weighted by molar-refractivity contribution is 0.222. The van der Waals surface area contributed by atoms with Crippen LogP contribution < -0.4 is 4.74 Å². The summed E-state index contributed by atoms with van der Waals surface area (Å²) >= 11 is 0. The zero-order chi connectivity index (χ0) is 17.3. The number of nitrogens with zero attached hydrogens (tertiary/aromatic N) is 1. The van der Waals surface area contributed by atoms with Gasteiger partial charge >= 0.3 is 0 Å². The van der Waals surface area contributed by atoms with Crippen molar-refractivity contribution in [2.24, 2.45) is 11.8 Å². The molecule has 2 atom stereocenters. The number of hydrogen-bond acceptors (Lipinski definition) is 3. The number of benzene rings is 2. The summed E-state index contributed by atoms with van der Waals surface area (Å²) in [6.07, 6.45) is 1.08. The minimum Gasteiger partial charge on any atom is -0.493 e. The van der Waals surface area contributed by atoms with Crippen molar-refractivity contribution in [2.75, 3.05) is 19.7 Å². The fourth-order valence-corrected chi connectivity index (χ4v) is 5.57. The van der Waals surface area contributed by atoms with E-state index in [1.807, 2.05) is 31.2 Å². The molecular weight excluding hydrogens is 322 g/mol. The van der Waals surface area contributed by atoms with Crippen LogP contribution in [0.2, 0.25) is 0 Å². The molecule has 1 saturated heterocycles. The van der Waals surface area contributed by atoms with E-state index in [1.165, 1.54) is 0 Å². The molecule has 0 N–H and O–H groups in total. The Morgan fingerprint density at radius 3 is 2.29 bits per heavy atom. The molecule has 130 valence electrons. The molecule has 0 aliphatic carbocycles. The van der Waals surface area contributed by atoms with Gasteiger partial charge in [-0.1, -0.05) is 38.1 Å². The second-order valence-corrected chi connectivity index (χ2v) is 8.71. The Morgan fingerprint density at radius 2 is 1.67 bits per heavy atom. The second kappa shape index (κ2) is 6.73. The summed E-state index contributed by atoms with van der Waals surface area (Å²) in [6.45, 7) is 7.90. The van der Waals surface area contributed by atoms with Crippen LogP contribution in [0.5, 0.6) is 5.75 Å². The first kappa shape index (κ1) is 17.2. The SMILES string of the molecule is CCOc1ccc(S(=O)(=O)N2C[C@H](C)C[C@H](C)C2)c2ccccc12. The summed E-state index contributed by atoms with van der Waals surface area (Å²) in [4.78, 5) is 0.378. The van der Waals surface area contributed by atoms with Gasteiger partial charge in [0.15, 0.2) is 0 Å². The quantitative estimate of drug-likeness (QED) is 0.842. The molecule has 0 unspecified atom stereocenters. The molecule has 0 spiro atoms. The van der Waals surface area contributed by atoms with Gasteiger partial charge in [-0.05, 0) is 37.3 Å². The van der Waals surface area contributed by atoms with Gasteiger partial charge in [-0.15, -0.1) is 0 Å². The average molecular weight is 347 g/mol. The molecule has 1 heterocycles. The Balaban J connectivity index is 2.10. The van der Waals surface area contributed by atoms with Crippen molar-refractivity contribution in [1.82, 2.24) is 4.31 Å². The molecule has 0 aromatic heterocycles. The summed E-state index contributed by atoms with van der Waals surface area (Å²) in [7, 11) is -3.51. The molecular formula is C19H25NO3S. The first-order chi connectivity index (χ1) is 11.4. The predicted molar refractivity (Wildman–Crippen MR) is 96.8 cm³/mol. The van der Waals surface area contributed by atoms with Gasteiger partial charge < -0.3 is 4.74 Å². The van der Waals surface area contributed by atoms with E-state index in [4.69, 9.17) is 4.74 Å². The fraction of sp³-hybridized carbons (Fsp3) is 0.474. The molecule has 3 rings (SSSR count). The van der Waals surface area contributed by atoms with E-state index in [0.29, 0.717) is 36.4 Å². The summed E-state index contributed by atoms with van der Waals surface area (Å²) < 4.78 is 33.8. The largest absolute Gasteiger partial charge is 0.493 e. The Bertz CT molecular complexity index is 822. The van der Waals surface area contributed by atoms with Crippen LogP contribution in [0, 0.1) is 11.8 Å². The monoisotopic (exact) mass is 347 g/mol. The maximum absolute atomic E-state index is 13.2. The number of fused-ring (bicyclic) bond motifs is 1. The standard InChI is InChI=1S/C19H25NO3S/c1-4-23-18-9-10-19(17-8-6-5-7-16(17)18)24(21,22)20-12-14(2)11-15(3)13-20/h5-10,14-15H,4,11-13H2,1-3H3/t14-,15+. The van der Waals surface area contributed by atoms with Crippen LogP contribution in [0.1, 0.15) is 27.2 Å². The molecule has 0 saturated carbocycles. The highest BCUT2D eigenvalue weighted by Crippen LogP contribution is 2.34. The molecule has 5 heteroatoms. The molecule has 24 heavy (non-hydrogen) atoms. The summed E-state index contributed by atoms with van der Waals surface area (Å²) in [5.74, 6) is 1.50. The predicted octanol–water partition coefficient (Wildman–Crippen LogP) is 3.91. The van der Waals surface area contributed by atoms with Crippen LogP contribution >= 0.6 is 0 Å². The van der Waals surface area contributed by atoms with Crippen LogP contribution in [-0.2, 0) is 10.0 Å². The average Bonchev–Trinajstić information content (AvgIpc) is 2.54. The molecule has 0 radical (unpaired) electrons. The van der Waals surface area contributed by atoms with Crippen molar-refractivity contribution >= 4 is 20.8 Å². The van der Waals surface area contributed by atoms with Gasteiger partial charge in [-0.25, -0.2) is 8.42 Å². The Hall–Kier alpha value is -1.59. The van der Waals surface area contributed by atoms with E-state index in [2.05, 4.69) is 13.8 Å². The Kier molecular flexibility index (Phi) is 4.83. The molecule has 1 fully saturated rings. The Morgan fingerprint density at radius 1 is 1.04 bits per heavy atom. The van der Waals surface area contributed by atoms with Gasteiger partial charge in [-0.2, -0.15) is 4.31 Å². The lowest BCUT2D eigenvalue weighted by Gasteiger charge is -2.34. The van der Waals surface area contributed by atoms with E-state index in [0.717, 1.165) is 22.9 Å². The fourth-order valence-electron chi connectivity index (χ4n) is 3.69. The number of ether oxygens (including phenoxy) is 1. The topological polar surface area (TPSA) is 46.6 Å². The van der Waals surface area contributed by atoms with Crippen LogP contribution in [0.25, 0.3) is 10.8 Å². The number of rotatable bonds is 4. The Labute approximate surface area is 144 Å². The van der Waals surface area contributed by atoms with Crippen molar-refractivity contribution in [3.8, 4) is 5.75 Å². The minimum absolute atomic E-state index is 0.378. The summed E-state index contributed by atoms with van der Waals surface area (Å²) in [6, 6.07) is 11.0. The second-order valence-electron chi connectivity index (χ2n) is 6.81. The highest BCUT2D eigenvalue weighted by molar-refractivity contribution is 7.89. The van der Waals surface area contributed by atoms with Crippen molar-refractivity contribution < 1.29 is 13.2 Å². The van der Waals surface area contributed by atoms with E-state index in [1.54, 1.807) is 16.4 Å². The highest BCUT2D eigenvalue weighted by atomic mass is 32.2. The molecule has 2 aromatic carbocycles. The summed E-state index contributed by atoms with van der Waals surface area (Å²) in [5.41, 5.74) is 0. The summed E-state index contributed by atoms with van der Waals surface area (Å²) in [5, 5.41) is 1.58. The third-order valence-electron chi connectivity index (χ3n) is 4.60. The van der Waals surface area contributed by atoms with Gasteiger partial charge in [0.2, 0.25) is 10.0 Å². The van der Waals surface area contributed by atoms with Crippen molar-refractivity contribution in [1.29, 1.82) is 0 Å². The lowest BCUT2D eigenvalue weighted by Crippen LogP contribution is -2.42. The van der Waals surface area contributed by atoms with Gasteiger partial charge in [0.1, 0.15) is 5.75 Å². The van der Waals surface area contributed by atoms with E-state index in [9.17, 15) is 8.42 Å². The molecule has 0 bridgehead atoms. The van der Waals surface area contributed by atoms with Gasteiger partial charge in [0.05, 0.1) is 11.5 Å². The molecule has 4 nitrogen and oxygen atoms in total. The van der Waals surface area contributed by atoms with E-state index < -0.39 is 10.0 Å². The van der Waals surface area contributed by atoms with Crippen LogP contribution in [0.3, 0.4) is 0 Å². The molecule has 2 aromatic rings. The molecule has 0 amide bonds. The zero-order valence-corrected chi connectivity index (χ0v) is 15.3. The molecule has 1 aliphatic rings. The third-order valence-corrected chi connectivity index (χ3v) is 6.49. The van der Waals surface area contributed by atoms with Crippen molar-refractivity contribution in [3.05, 3.63) is 36.4 Å². The lowest BCUT2D eigenvalue weighted by atomic mass is 9.94. The first-order valence-electron chi connectivity index (χ1n) is 8.58. The third kappa shape index (κ3) is 3.15. The van der Waals surface area contributed by atoms with Crippen LogP contribution in [0.15, 0.2) is 41.3 Å².